The van der Waals surface area contributed by atoms with Crippen LogP contribution in [0.2, 0.25) is 0 Å². The Kier molecular flexibility index (Phi) is 11.7. The zero-order valence-electron chi connectivity index (χ0n) is 25.3. The number of nitrogens with one attached hydrogen (secondary N) is 1. The quantitative estimate of drug-likeness (QED) is 0.305. The molecule has 3 rings (SSSR count). The van der Waals surface area contributed by atoms with Gasteiger partial charge in [0.05, 0.1) is 16.7 Å². The maximum Gasteiger partial charge on any atom is 0.411 e. The number of rotatable bonds is 13. The van der Waals surface area contributed by atoms with E-state index in [1.807, 2.05) is 49.2 Å². The molecule has 41 heavy (non-hydrogen) atoms. The first kappa shape index (κ1) is 32.5. The van der Waals surface area contributed by atoms with Gasteiger partial charge in [-0.1, -0.05) is 64.4 Å². The number of aromatic nitrogens is 1. The number of hydrogen-bond acceptors (Lipinski definition) is 7. The van der Waals surface area contributed by atoms with Crippen molar-refractivity contribution < 1.29 is 24.2 Å². The predicted molar refractivity (Wildman–Crippen MR) is 161 cm³/mol. The van der Waals surface area contributed by atoms with Gasteiger partial charge in [-0.15, -0.1) is 11.3 Å². The Morgan fingerprint density at radius 3 is 2.51 bits per heavy atom. The third-order valence-corrected chi connectivity index (χ3v) is 9.21. The van der Waals surface area contributed by atoms with E-state index in [0.717, 1.165) is 36.3 Å². The summed E-state index contributed by atoms with van der Waals surface area (Å²) in [4.78, 5) is 46.5. The number of likely N-dealkylation sites (tertiary alicyclic amines) is 1. The Morgan fingerprint density at radius 1 is 1.20 bits per heavy atom. The van der Waals surface area contributed by atoms with Crippen molar-refractivity contribution in [3.63, 3.8) is 0 Å². The molecular weight excluding hydrogens is 540 g/mol. The van der Waals surface area contributed by atoms with E-state index >= 15 is 0 Å². The number of carboxylic acids is 1. The van der Waals surface area contributed by atoms with E-state index in [0.29, 0.717) is 19.4 Å². The van der Waals surface area contributed by atoms with Gasteiger partial charge in [0.25, 0.3) is 0 Å². The molecule has 10 heteroatoms. The van der Waals surface area contributed by atoms with Crippen molar-refractivity contribution in [3.05, 3.63) is 52.0 Å². The molecule has 1 aromatic heterocycles. The molecule has 1 aliphatic heterocycles. The van der Waals surface area contributed by atoms with Crippen molar-refractivity contribution in [2.45, 2.75) is 97.5 Å². The van der Waals surface area contributed by atoms with Crippen LogP contribution in [0.3, 0.4) is 0 Å². The molecule has 0 unspecified atom stereocenters. The number of amides is 2. The van der Waals surface area contributed by atoms with E-state index in [2.05, 4.69) is 38.0 Å². The van der Waals surface area contributed by atoms with Crippen molar-refractivity contribution in [2.75, 3.05) is 13.6 Å². The Hall–Kier alpha value is -2.98. The number of aromatic carboxylic acids is 1. The molecule has 0 spiro atoms. The molecule has 0 saturated carbocycles. The topological polar surface area (TPSA) is 112 Å². The number of benzene rings is 1. The number of piperidine rings is 1. The van der Waals surface area contributed by atoms with Crippen LogP contribution < -0.4 is 5.32 Å². The summed E-state index contributed by atoms with van der Waals surface area (Å²) in [5.41, 5.74) is 0.264. The second-order valence-corrected chi connectivity index (χ2v) is 12.6. The molecule has 2 aromatic rings. The second kappa shape index (κ2) is 14.8. The summed E-state index contributed by atoms with van der Waals surface area (Å²) in [6.45, 7) is 11.1. The van der Waals surface area contributed by atoms with Gasteiger partial charge in [0.1, 0.15) is 6.61 Å². The normalized spacial score (nSPS) is 19.4. The Balaban J connectivity index is 1.74. The average Bonchev–Trinajstić information content (AvgIpc) is 3.44. The number of likely N-dealkylation sites (N-methyl/N-ethyl adjacent to an activating group) is 1. The van der Waals surface area contributed by atoms with E-state index in [1.54, 1.807) is 10.3 Å². The fourth-order valence-corrected chi connectivity index (χ4v) is 6.32. The maximum absolute atomic E-state index is 14.1. The highest BCUT2D eigenvalue weighted by atomic mass is 32.1. The highest BCUT2D eigenvalue weighted by molar-refractivity contribution is 7.09. The number of hydrogen-bond donors (Lipinski definition) is 2. The molecule has 1 fully saturated rings. The van der Waals surface area contributed by atoms with Crippen LogP contribution in [-0.2, 0) is 22.6 Å². The molecule has 2 heterocycles. The minimum absolute atomic E-state index is 0.00665. The lowest BCUT2D eigenvalue weighted by molar-refractivity contribution is -0.138. The summed E-state index contributed by atoms with van der Waals surface area (Å²) >= 11 is 1.34. The van der Waals surface area contributed by atoms with Crippen molar-refractivity contribution >= 4 is 29.3 Å². The average molecular weight is 587 g/mol. The number of ether oxygens (including phenoxy) is 1. The summed E-state index contributed by atoms with van der Waals surface area (Å²) < 4.78 is 5.71. The van der Waals surface area contributed by atoms with Gasteiger partial charge >= 0.3 is 12.1 Å². The molecular formula is C31H46N4O5S. The highest BCUT2D eigenvalue weighted by Crippen LogP contribution is 2.29. The summed E-state index contributed by atoms with van der Waals surface area (Å²) in [6, 6.07) is 9.08. The summed E-state index contributed by atoms with van der Waals surface area (Å²) in [7, 11) is 1.85. The maximum atomic E-state index is 14.1. The minimum Gasteiger partial charge on any atom is -0.476 e. The van der Waals surface area contributed by atoms with Gasteiger partial charge < -0.3 is 14.7 Å². The largest absolute Gasteiger partial charge is 0.476 e. The zero-order chi connectivity index (χ0) is 30.2. The van der Waals surface area contributed by atoms with Gasteiger partial charge in [-0.2, -0.15) is 0 Å². The number of aryl methyl sites for hydroxylation is 1. The number of carbonyl (C=O) groups is 3. The molecule has 4 atom stereocenters. The number of carboxylic acid groups (broad SMARTS) is 1. The minimum atomic E-state index is -1.03. The van der Waals surface area contributed by atoms with Gasteiger partial charge in [0.15, 0.2) is 5.69 Å². The molecule has 0 radical (unpaired) electrons. The van der Waals surface area contributed by atoms with Crippen molar-refractivity contribution in [1.82, 2.24) is 20.1 Å². The summed E-state index contributed by atoms with van der Waals surface area (Å²) in [6.07, 6.45) is 4.25. The summed E-state index contributed by atoms with van der Waals surface area (Å²) in [5, 5.41) is 15.1. The van der Waals surface area contributed by atoms with Crippen LogP contribution in [0.5, 0.6) is 0 Å². The van der Waals surface area contributed by atoms with Crippen molar-refractivity contribution in [3.8, 4) is 0 Å². The first-order valence-electron chi connectivity index (χ1n) is 14.7. The van der Waals surface area contributed by atoms with Crippen LogP contribution in [0.25, 0.3) is 0 Å². The molecule has 0 bridgehead atoms. The second-order valence-electron chi connectivity index (χ2n) is 11.7. The third kappa shape index (κ3) is 8.52. The Bertz CT molecular complexity index is 1160. The standard InChI is InChI=1S/C31H46N4O5S/c1-7-22(4)27(28(36)34(6)25(21(2)3)15-16-26-32-24(20-41-26)29(37)38)33-31(5)17-11-12-18-35(31)30(39)40-19-23-13-9-8-10-14-23/h8-10,13-14,20-22,25,27,33H,7,11-12,15-19H2,1-6H3,(H,37,38)/t22-,25-,27-,31+/m0/s1. The van der Waals surface area contributed by atoms with Gasteiger partial charge in [0, 0.05) is 31.4 Å². The Morgan fingerprint density at radius 2 is 1.90 bits per heavy atom. The van der Waals surface area contributed by atoms with E-state index < -0.39 is 17.7 Å². The molecule has 0 aliphatic carbocycles. The van der Waals surface area contributed by atoms with E-state index in [9.17, 15) is 19.5 Å². The first-order chi connectivity index (χ1) is 19.5. The van der Waals surface area contributed by atoms with Gasteiger partial charge in [0.2, 0.25) is 5.91 Å². The molecule has 2 amide bonds. The summed E-state index contributed by atoms with van der Waals surface area (Å²) in [5.74, 6) is -0.810. The monoisotopic (exact) mass is 586 g/mol. The molecule has 1 saturated heterocycles. The Labute approximate surface area is 248 Å². The van der Waals surface area contributed by atoms with Gasteiger partial charge in [-0.05, 0) is 50.0 Å². The fraction of sp³-hybridized carbons (Fsp3) is 0.613. The van der Waals surface area contributed by atoms with Crippen LogP contribution in [0.1, 0.15) is 87.8 Å². The van der Waals surface area contributed by atoms with E-state index in [1.165, 1.54) is 11.3 Å². The molecule has 226 valence electrons. The molecule has 9 nitrogen and oxygen atoms in total. The third-order valence-electron chi connectivity index (χ3n) is 8.30. The van der Waals surface area contributed by atoms with Crippen molar-refractivity contribution in [2.24, 2.45) is 11.8 Å². The van der Waals surface area contributed by atoms with Crippen LogP contribution in [0, 0.1) is 11.8 Å². The van der Waals surface area contributed by atoms with Crippen LogP contribution >= 0.6 is 11.3 Å². The zero-order valence-corrected chi connectivity index (χ0v) is 26.1. The molecule has 1 aromatic carbocycles. The first-order valence-corrected chi connectivity index (χ1v) is 15.5. The highest BCUT2D eigenvalue weighted by Gasteiger charge is 2.43. The van der Waals surface area contributed by atoms with Crippen LogP contribution in [-0.4, -0.2) is 69.2 Å². The molecule has 2 N–H and O–H groups in total. The predicted octanol–water partition coefficient (Wildman–Crippen LogP) is 5.80. The number of nitrogens with zero attached hydrogens (tertiary/aromatic N) is 3. The SMILES string of the molecule is CC[C@H](C)[C@H](N[C@@]1(C)CCCCN1C(=O)OCc1ccccc1)C(=O)N(C)[C@@H](CCc1nc(C(=O)O)cs1)C(C)C. The lowest BCUT2D eigenvalue weighted by atomic mass is 9.90. The van der Waals surface area contributed by atoms with Crippen molar-refractivity contribution in [1.29, 1.82) is 0 Å². The van der Waals surface area contributed by atoms with Gasteiger partial charge in [-0.25, -0.2) is 14.6 Å². The lowest BCUT2D eigenvalue weighted by Crippen LogP contribution is -2.67. The van der Waals surface area contributed by atoms with Crippen LogP contribution in [0.15, 0.2) is 35.7 Å². The van der Waals surface area contributed by atoms with E-state index in [-0.39, 0.29) is 42.2 Å². The van der Waals surface area contributed by atoms with Gasteiger partial charge in [-0.3, -0.25) is 15.0 Å². The van der Waals surface area contributed by atoms with Crippen LogP contribution in [0.4, 0.5) is 4.79 Å². The molecule has 1 aliphatic rings. The van der Waals surface area contributed by atoms with E-state index in [4.69, 9.17) is 4.74 Å². The number of carbonyl (C=O) groups excluding carboxylic acids is 2. The lowest BCUT2D eigenvalue weighted by Gasteiger charge is -2.47. The number of thiazole rings is 1. The fourth-order valence-electron chi connectivity index (χ4n) is 5.53. The smallest absolute Gasteiger partial charge is 0.411 e.